The van der Waals surface area contributed by atoms with E-state index in [-0.39, 0.29) is 11.5 Å². The Hall–Kier alpha value is -2.65. The lowest BCUT2D eigenvalue weighted by molar-refractivity contribution is 0.102. The summed E-state index contributed by atoms with van der Waals surface area (Å²) < 4.78 is 1.96. The number of aryl methyl sites for hydroxylation is 2. The van der Waals surface area contributed by atoms with Crippen molar-refractivity contribution in [1.29, 1.82) is 0 Å². The molecule has 2 amide bonds. The number of benzene rings is 1. The fraction of sp³-hybridized carbons (Fsp3) is 0.176. The monoisotopic (exact) mass is 387 g/mol. The van der Waals surface area contributed by atoms with Crippen molar-refractivity contribution in [3.8, 4) is 0 Å². The second-order valence-corrected chi connectivity index (χ2v) is 7.39. The third kappa shape index (κ3) is 4.93. The average molecular weight is 387 g/mol. The van der Waals surface area contributed by atoms with Crippen molar-refractivity contribution >= 4 is 40.6 Å². The van der Waals surface area contributed by atoms with Gasteiger partial charge in [-0.2, -0.15) is 0 Å². The van der Waals surface area contributed by atoms with E-state index in [2.05, 4.69) is 27.0 Å². The van der Waals surface area contributed by atoms with Gasteiger partial charge < -0.3 is 15.6 Å². The lowest BCUT2D eigenvalue weighted by atomic mass is 10.1. The van der Waals surface area contributed by atoms with E-state index < -0.39 is 6.03 Å². The van der Waals surface area contributed by atoms with Gasteiger partial charge in [-0.25, -0.2) is 4.79 Å². The molecule has 0 unspecified atom stereocenters. The summed E-state index contributed by atoms with van der Waals surface area (Å²) >= 11 is 3.08. The number of anilines is 1. The Bertz CT molecular complexity index is 875. The third-order valence-corrected chi connectivity index (χ3v) is 5.48. The van der Waals surface area contributed by atoms with Crippen molar-refractivity contribution in [3.63, 3.8) is 0 Å². The first kappa shape index (κ1) is 18.2. The molecule has 3 rings (SSSR count). The van der Waals surface area contributed by atoms with E-state index in [1.165, 1.54) is 16.6 Å². The number of nitrogens with zero attached hydrogens (tertiary/aromatic N) is 3. The maximum absolute atomic E-state index is 12.3. The number of rotatable bonds is 8. The standard InChI is InChI=1S/C17H17N5O2S2/c18-16(24)20-13-5-3-12(4-6-13)15(23)10-26-17-21-19-11-22(17)8-7-14-2-1-9-25-14/h1-6,9,11H,7-8,10H2,(H3,18,20,24). The molecule has 134 valence electrons. The molecule has 0 spiro atoms. The van der Waals surface area contributed by atoms with Gasteiger partial charge in [-0.15, -0.1) is 21.5 Å². The Labute approximate surface area is 158 Å². The number of thioether (sulfide) groups is 1. The molecule has 0 fully saturated rings. The highest BCUT2D eigenvalue weighted by atomic mass is 32.2. The van der Waals surface area contributed by atoms with E-state index in [1.54, 1.807) is 41.9 Å². The number of carbonyl (C=O) groups excluding carboxylic acids is 2. The molecule has 2 heterocycles. The lowest BCUT2D eigenvalue weighted by Gasteiger charge is -2.06. The Morgan fingerprint density at radius 1 is 1.23 bits per heavy atom. The van der Waals surface area contributed by atoms with Gasteiger partial charge in [0.25, 0.3) is 0 Å². The molecule has 26 heavy (non-hydrogen) atoms. The number of ketones is 1. The molecule has 3 N–H and O–H groups in total. The van der Waals surface area contributed by atoms with E-state index in [0.29, 0.717) is 11.3 Å². The van der Waals surface area contributed by atoms with E-state index in [4.69, 9.17) is 5.73 Å². The minimum Gasteiger partial charge on any atom is -0.351 e. The van der Waals surface area contributed by atoms with Crippen molar-refractivity contribution < 1.29 is 9.59 Å². The van der Waals surface area contributed by atoms with Crippen LogP contribution in [-0.2, 0) is 13.0 Å². The van der Waals surface area contributed by atoms with Crippen molar-refractivity contribution in [2.75, 3.05) is 11.1 Å². The van der Waals surface area contributed by atoms with Crippen LogP contribution in [0.15, 0.2) is 53.3 Å². The summed E-state index contributed by atoms with van der Waals surface area (Å²) in [6, 6.07) is 10.1. The first-order valence-corrected chi connectivity index (χ1v) is 9.71. The van der Waals surface area contributed by atoms with Gasteiger partial charge in [0.15, 0.2) is 10.9 Å². The predicted molar refractivity (Wildman–Crippen MR) is 103 cm³/mol. The SMILES string of the molecule is NC(=O)Nc1ccc(C(=O)CSc2nncn2CCc2cccs2)cc1. The number of amides is 2. The molecule has 7 nitrogen and oxygen atoms in total. The van der Waals surface area contributed by atoms with Crippen LogP contribution in [0, 0.1) is 0 Å². The molecule has 0 aliphatic rings. The topological polar surface area (TPSA) is 103 Å². The number of nitrogens with one attached hydrogen (secondary N) is 1. The average Bonchev–Trinajstić information content (AvgIpc) is 3.29. The van der Waals surface area contributed by atoms with Crippen LogP contribution in [0.4, 0.5) is 10.5 Å². The Morgan fingerprint density at radius 3 is 2.73 bits per heavy atom. The maximum Gasteiger partial charge on any atom is 0.316 e. The second-order valence-electron chi connectivity index (χ2n) is 5.41. The van der Waals surface area contributed by atoms with Crippen LogP contribution in [0.25, 0.3) is 0 Å². The number of carbonyl (C=O) groups is 2. The zero-order chi connectivity index (χ0) is 18.4. The number of nitrogens with two attached hydrogens (primary N) is 1. The van der Waals surface area contributed by atoms with Crippen molar-refractivity contribution in [1.82, 2.24) is 14.8 Å². The van der Waals surface area contributed by atoms with Crippen molar-refractivity contribution in [2.45, 2.75) is 18.1 Å². The second kappa shape index (κ2) is 8.63. The minimum absolute atomic E-state index is 0.0200. The van der Waals surface area contributed by atoms with E-state index in [0.717, 1.165) is 18.1 Å². The number of urea groups is 1. The predicted octanol–water partition coefficient (Wildman–Crippen LogP) is 3.05. The minimum atomic E-state index is -0.637. The molecule has 1 aromatic carbocycles. The summed E-state index contributed by atoms with van der Waals surface area (Å²) in [5.74, 6) is 0.244. The van der Waals surface area contributed by atoms with Gasteiger partial charge in [-0.05, 0) is 42.1 Å². The van der Waals surface area contributed by atoms with Gasteiger partial charge >= 0.3 is 6.03 Å². The summed E-state index contributed by atoms with van der Waals surface area (Å²) in [4.78, 5) is 24.4. The fourth-order valence-corrected chi connectivity index (χ4v) is 3.82. The number of hydrogen-bond donors (Lipinski definition) is 2. The Kier molecular flexibility index (Phi) is 6.03. The van der Waals surface area contributed by atoms with E-state index >= 15 is 0 Å². The molecule has 2 aromatic heterocycles. The zero-order valence-corrected chi connectivity index (χ0v) is 15.4. The lowest BCUT2D eigenvalue weighted by Crippen LogP contribution is -2.19. The van der Waals surface area contributed by atoms with Crippen LogP contribution < -0.4 is 11.1 Å². The van der Waals surface area contributed by atoms with Crippen LogP contribution >= 0.6 is 23.1 Å². The molecule has 0 saturated carbocycles. The molecule has 0 saturated heterocycles. The van der Waals surface area contributed by atoms with Gasteiger partial charge in [0.05, 0.1) is 5.75 Å². The summed E-state index contributed by atoms with van der Waals surface area (Å²) in [5.41, 5.74) is 6.18. The van der Waals surface area contributed by atoms with Gasteiger partial charge in [0.1, 0.15) is 6.33 Å². The number of Topliss-reactive ketones (excluding diaryl/α,β-unsaturated/α-hetero) is 1. The van der Waals surface area contributed by atoms with Gasteiger partial charge in [-0.3, -0.25) is 4.79 Å². The fourth-order valence-electron chi connectivity index (χ4n) is 2.29. The molecule has 0 aliphatic carbocycles. The van der Waals surface area contributed by atoms with Crippen LogP contribution in [0.5, 0.6) is 0 Å². The van der Waals surface area contributed by atoms with Crippen LogP contribution in [0.1, 0.15) is 15.2 Å². The highest BCUT2D eigenvalue weighted by Gasteiger charge is 2.11. The zero-order valence-electron chi connectivity index (χ0n) is 13.8. The molecule has 0 atom stereocenters. The Morgan fingerprint density at radius 2 is 2.04 bits per heavy atom. The summed E-state index contributed by atoms with van der Waals surface area (Å²) in [6.45, 7) is 0.775. The van der Waals surface area contributed by atoms with Crippen LogP contribution in [-0.4, -0.2) is 32.3 Å². The first-order chi connectivity index (χ1) is 12.6. The van der Waals surface area contributed by atoms with Crippen molar-refractivity contribution in [2.24, 2.45) is 5.73 Å². The smallest absolute Gasteiger partial charge is 0.316 e. The van der Waals surface area contributed by atoms with Crippen LogP contribution in [0.3, 0.4) is 0 Å². The highest BCUT2D eigenvalue weighted by Crippen LogP contribution is 2.19. The van der Waals surface area contributed by atoms with Crippen LogP contribution in [0.2, 0.25) is 0 Å². The number of thiophene rings is 1. The number of hydrogen-bond acceptors (Lipinski definition) is 6. The Balaban J connectivity index is 1.54. The summed E-state index contributed by atoms with van der Waals surface area (Å²) in [7, 11) is 0. The number of primary amides is 1. The largest absolute Gasteiger partial charge is 0.351 e. The van der Waals surface area contributed by atoms with E-state index in [1.807, 2.05) is 10.6 Å². The third-order valence-electron chi connectivity index (χ3n) is 3.57. The molecule has 0 aliphatic heterocycles. The molecule has 0 bridgehead atoms. The molecule has 9 heteroatoms. The summed E-state index contributed by atoms with van der Waals surface area (Å²) in [5, 5.41) is 13.3. The quantitative estimate of drug-likeness (QED) is 0.457. The van der Waals surface area contributed by atoms with Gasteiger partial charge in [0, 0.05) is 22.7 Å². The van der Waals surface area contributed by atoms with Gasteiger partial charge in [-0.1, -0.05) is 17.8 Å². The first-order valence-electron chi connectivity index (χ1n) is 7.84. The summed E-state index contributed by atoms with van der Waals surface area (Å²) in [6.07, 6.45) is 2.59. The molecule has 0 radical (unpaired) electrons. The maximum atomic E-state index is 12.3. The van der Waals surface area contributed by atoms with E-state index in [9.17, 15) is 9.59 Å². The molecule has 3 aromatic rings. The highest BCUT2D eigenvalue weighted by molar-refractivity contribution is 7.99. The van der Waals surface area contributed by atoms with Crippen molar-refractivity contribution in [3.05, 3.63) is 58.5 Å². The number of aromatic nitrogens is 3. The molecular weight excluding hydrogens is 370 g/mol. The van der Waals surface area contributed by atoms with Gasteiger partial charge in [0.2, 0.25) is 0 Å². The molecular formula is C17H17N5O2S2. The normalized spacial score (nSPS) is 10.6.